The fourth-order valence-electron chi connectivity index (χ4n) is 1.74. The first kappa shape index (κ1) is 15.7. The van der Waals surface area contributed by atoms with Gasteiger partial charge in [0.25, 0.3) is 0 Å². The van der Waals surface area contributed by atoms with Crippen LogP contribution in [0.3, 0.4) is 0 Å². The lowest BCUT2D eigenvalue weighted by atomic mass is 10.1. The van der Waals surface area contributed by atoms with Gasteiger partial charge in [0.2, 0.25) is 11.9 Å². The molecule has 0 spiro atoms. The highest BCUT2D eigenvalue weighted by Gasteiger charge is 2.11. The van der Waals surface area contributed by atoms with Crippen LogP contribution in [0.15, 0.2) is 30.5 Å². The Hall–Kier alpha value is -2.70. The molecule has 7 heteroatoms. The van der Waals surface area contributed by atoms with Crippen molar-refractivity contribution in [3.05, 3.63) is 30.5 Å². The molecule has 0 radical (unpaired) electrons. The number of hydrogen-bond acceptors (Lipinski definition) is 6. The molecule has 0 saturated carbocycles. The van der Waals surface area contributed by atoms with Crippen molar-refractivity contribution in [2.45, 2.75) is 33.2 Å². The number of benzene rings is 1. The van der Waals surface area contributed by atoms with Crippen molar-refractivity contribution in [3.8, 4) is 0 Å². The summed E-state index contributed by atoms with van der Waals surface area (Å²) in [5.41, 5.74) is 1.45. The van der Waals surface area contributed by atoms with Gasteiger partial charge in [0.15, 0.2) is 5.82 Å². The molecular weight excluding hydrogens is 280 g/mol. The molecule has 1 heterocycles. The van der Waals surface area contributed by atoms with E-state index in [1.807, 2.05) is 45.0 Å². The second-order valence-electron chi connectivity index (χ2n) is 5.92. The molecule has 0 bridgehead atoms. The minimum Gasteiger partial charge on any atom is -0.348 e. The summed E-state index contributed by atoms with van der Waals surface area (Å²) >= 11 is 0. The molecule has 0 aliphatic rings. The molecule has 3 N–H and O–H groups in total. The van der Waals surface area contributed by atoms with Crippen LogP contribution in [-0.2, 0) is 4.79 Å². The van der Waals surface area contributed by atoms with Gasteiger partial charge in [-0.3, -0.25) is 4.79 Å². The molecule has 0 saturated heterocycles. The molecule has 2 rings (SSSR count). The number of nitrogens with one attached hydrogen (secondary N) is 3. The quantitative estimate of drug-likeness (QED) is 0.804. The predicted molar refractivity (Wildman–Crippen MR) is 87.2 cm³/mol. The lowest BCUT2D eigenvalue weighted by Gasteiger charge is -2.20. The molecule has 1 amide bonds. The Bertz CT molecular complexity index is 648. The van der Waals surface area contributed by atoms with Crippen LogP contribution in [0.4, 0.5) is 23.1 Å². The minimum atomic E-state index is -0.139. The Labute approximate surface area is 129 Å². The first-order chi connectivity index (χ1) is 10.3. The van der Waals surface area contributed by atoms with Gasteiger partial charge in [-0.1, -0.05) is 0 Å². The summed E-state index contributed by atoms with van der Waals surface area (Å²) in [4.78, 5) is 15.3. The minimum absolute atomic E-state index is 0.0985. The van der Waals surface area contributed by atoms with Crippen LogP contribution in [0.1, 0.15) is 27.7 Å². The van der Waals surface area contributed by atoms with Crippen LogP contribution in [-0.4, -0.2) is 26.6 Å². The molecule has 0 fully saturated rings. The highest BCUT2D eigenvalue weighted by atomic mass is 16.1. The summed E-state index contributed by atoms with van der Waals surface area (Å²) < 4.78 is 0. The second-order valence-corrected chi connectivity index (χ2v) is 5.92. The Morgan fingerprint density at radius 3 is 2.32 bits per heavy atom. The number of carbonyl (C=O) groups is 1. The van der Waals surface area contributed by atoms with E-state index >= 15 is 0 Å². The molecule has 1 aromatic heterocycles. The SMILES string of the molecule is CC(=O)Nc1ccc(Nc2cnnc(NC(C)(C)C)n2)cc1. The van der Waals surface area contributed by atoms with Crippen molar-refractivity contribution >= 4 is 29.0 Å². The van der Waals surface area contributed by atoms with E-state index in [4.69, 9.17) is 0 Å². The van der Waals surface area contributed by atoms with E-state index in [2.05, 4.69) is 31.1 Å². The normalized spacial score (nSPS) is 10.9. The smallest absolute Gasteiger partial charge is 0.245 e. The maximum Gasteiger partial charge on any atom is 0.245 e. The zero-order valence-electron chi connectivity index (χ0n) is 13.1. The maximum atomic E-state index is 11.0. The molecule has 2 aromatic rings. The zero-order chi connectivity index (χ0) is 16.2. The van der Waals surface area contributed by atoms with E-state index in [-0.39, 0.29) is 11.4 Å². The number of carbonyl (C=O) groups excluding carboxylic acids is 1. The summed E-state index contributed by atoms with van der Waals surface area (Å²) in [6.45, 7) is 7.55. The van der Waals surface area contributed by atoms with Gasteiger partial charge in [-0.25, -0.2) is 0 Å². The summed E-state index contributed by atoms with van der Waals surface area (Å²) in [6, 6.07) is 7.33. The van der Waals surface area contributed by atoms with E-state index in [9.17, 15) is 4.79 Å². The average molecular weight is 300 g/mol. The highest BCUT2D eigenvalue weighted by Crippen LogP contribution is 2.18. The Morgan fingerprint density at radius 2 is 1.73 bits per heavy atom. The average Bonchev–Trinajstić information content (AvgIpc) is 2.39. The van der Waals surface area contributed by atoms with E-state index in [0.717, 1.165) is 11.4 Å². The Balaban J connectivity index is 2.07. The van der Waals surface area contributed by atoms with E-state index in [0.29, 0.717) is 11.8 Å². The summed E-state index contributed by atoms with van der Waals surface area (Å²) in [5, 5.41) is 16.9. The highest BCUT2D eigenvalue weighted by molar-refractivity contribution is 5.88. The zero-order valence-corrected chi connectivity index (χ0v) is 13.1. The molecule has 0 atom stereocenters. The molecular formula is C15H20N6O. The van der Waals surface area contributed by atoms with Crippen molar-refractivity contribution in [2.24, 2.45) is 0 Å². The number of hydrogen-bond donors (Lipinski definition) is 3. The Kier molecular flexibility index (Phi) is 4.55. The summed E-state index contributed by atoms with van der Waals surface area (Å²) in [6.07, 6.45) is 1.55. The van der Waals surface area contributed by atoms with E-state index < -0.39 is 0 Å². The van der Waals surface area contributed by atoms with Crippen molar-refractivity contribution in [2.75, 3.05) is 16.0 Å². The molecule has 0 unspecified atom stereocenters. The maximum absolute atomic E-state index is 11.0. The topological polar surface area (TPSA) is 91.8 Å². The largest absolute Gasteiger partial charge is 0.348 e. The second kappa shape index (κ2) is 6.38. The summed E-state index contributed by atoms with van der Waals surface area (Å²) in [5.74, 6) is 0.958. The van der Waals surface area contributed by atoms with Crippen molar-refractivity contribution in [1.82, 2.24) is 15.2 Å². The van der Waals surface area contributed by atoms with Gasteiger partial charge in [0.1, 0.15) is 0 Å². The summed E-state index contributed by atoms with van der Waals surface area (Å²) in [7, 11) is 0. The van der Waals surface area contributed by atoms with Gasteiger partial charge >= 0.3 is 0 Å². The van der Waals surface area contributed by atoms with Crippen LogP contribution in [0.25, 0.3) is 0 Å². The monoisotopic (exact) mass is 300 g/mol. The van der Waals surface area contributed by atoms with Gasteiger partial charge < -0.3 is 16.0 Å². The number of aromatic nitrogens is 3. The number of amides is 1. The fourth-order valence-corrected chi connectivity index (χ4v) is 1.74. The van der Waals surface area contributed by atoms with Gasteiger partial charge in [-0.05, 0) is 45.0 Å². The van der Waals surface area contributed by atoms with Crippen LogP contribution < -0.4 is 16.0 Å². The first-order valence-corrected chi connectivity index (χ1v) is 6.94. The van der Waals surface area contributed by atoms with Crippen LogP contribution in [0.2, 0.25) is 0 Å². The third kappa shape index (κ3) is 5.01. The van der Waals surface area contributed by atoms with Gasteiger partial charge in [-0.2, -0.15) is 10.1 Å². The lowest BCUT2D eigenvalue weighted by molar-refractivity contribution is -0.114. The fraction of sp³-hybridized carbons (Fsp3) is 0.333. The van der Waals surface area contributed by atoms with E-state index in [1.165, 1.54) is 6.92 Å². The number of rotatable bonds is 4. The molecule has 0 aliphatic carbocycles. The molecule has 7 nitrogen and oxygen atoms in total. The Morgan fingerprint density at radius 1 is 1.09 bits per heavy atom. The molecule has 22 heavy (non-hydrogen) atoms. The van der Waals surface area contributed by atoms with Gasteiger partial charge in [0, 0.05) is 23.8 Å². The van der Waals surface area contributed by atoms with Crippen molar-refractivity contribution in [1.29, 1.82) is 0 Å². The van der Waals surface area contributed by atoms with Crippen LogP contribution in [0, 0.1) is 0 Å². The van der Waals surface area contributed by atoms with Crippen LogP contribution >= 0.6 is 0 Å². The molecule has 0 aliphatic heterocycles. The third-order valence-corrected chi connectivity index (χ3v) is 2.52. The standard InChI is InChI=1S/C15H20N6O/c1-10(22)17-11-5-7-12(8-6-11)18-13-9-16-21-14(19-13)20-15(2,3)4/h5-9H,1-4H3,(H,17,22)(H2,18,19,20,21). The predicted octanol–water partition coefficient (Wildman–Crippen LogP) is 2.78. The number of anilines is 4. The van der Waals surface area contributed by atoms with Gasteiger partial charge in [0.05, 0.1) is 6.20 Å². The van der Waals surface area contributed by atoms with Crippen molar-refractivity contribution in [3.63, 3.8) is 0 Å². The lowest BCUT2D eigenvalue weighted by Crippen LogP contribution is -2.27. The first-order valence-electron chi connectivity index (χ1n) is 6.94. The molecule has 1 aromatic carbocycles. The van der Waals surface area contributed by atoms with Crippen LogP contribution in [0.5, 0.6) is 0 Å². The van der Waals surface area contributed by atoms with Crippen molar-refractivity contribution < 1.29 is 4.79 Å². The van der Waals surface area contributed by atoms with E-state index in [1.54, 1.807) is 6.20 Å². The third-order valence-electron chi connectivity index (χ3n) is 2.52. The van der Waals surface area contributed by atoms with Gasteiger partial charge in [-0.15, -0.1) is 5.10 Å². The number of nitrogens with zero attached hydrogens (tertiary/aromatic N) is 3. The molecule has 116 valence electrons.